The molecule has 0 radical (unpaired) electrons. The summed E-state index contributed by atoms with van der Waals surface area (Å²) in [5.41, 5.74) is 6.00. The van der Waals surface area contributed by atoms with Gasteiger partial charge in [0.25, 0.3) is 5.91 Å². The van der Waals surface area contributed by atoms with E-state index in [-0.39, 0.29) is 17.2 Å². The Hall–Kier alpha value is -1.69. The lowest BCUT2D eigenvalue weighted by molar-refractivity contribution is 0.0995. The number of aromatic nitrogens is 2. The van der Waals surface area contributed by atoms with E-state index in [4.69, 9.17) is 10.5 Å². The van der Waals surface area contributed by atoms with Crippen molar-refractivity contribution in [1.82, 2.24) is 9.97 Å². The highest BCUT2D eigenvalue weighted by Gasteiger charge is 2.23. The van der Waals surface area contributed by atoms with E-state index < -0.39 is 5.91 Å². The van der Waals surface area contributed by atoms with Gasteiger partial charge >= 0.3 is 0 Å². The summed E-state index contributed by atoms with van der Waals surface area (Å²) in [7, 11) is 0. The standard InChI is InChI=1S/C13H20N4O2/c1-13(2,3)12-15-6-9(10(17-12)11(14)18)16-8-4-5-19-7-8/h6,8,16H,4-5,7H2,1-3H3,(H2,14,18). The number of carbonyl (C=O) groups excluding carboxylic acids is 1. The van der Waals surface area contributed by atoms with Gasteiger partial charge in [-0.25, -0.2) is 9.97 Å². The number of amides is 1. The highest BCUT2D eigenvalue weighted by Crippen LogP contribution is 2.22. The van der Waals surface area contributed by atoms with E-state index in [0.717, 1.165) is 13.0 Å². The zero-order valence-corrected chi connectivity index (χ0v) is 11.6. The lowest BCUT2D eigenvalue weighted by Gasteiger charge is -2.19. The first kappa shape index (κ1) is 13.7. The molecular weight excluding hydrogens is 244 g/mol. The summed E-state index contributed by atoms with van der Waals surface area (Å²) in [5, 5.41) is 3.22. The van der Waals surface area contributed by atoms with Crippen LogP contribution in [0.4, 0.5) is 5.69 Å². The zero-order valence-electron chi connectivity index (χ0n) is 11.6. The molecule has 1 aliphatic heterocycles. The lowest BCUT2D eigenvalue weighted by atomic mass is 9.95. The van der Waals surface area contributed by atoms with Gasteiger partial charge in [-0.05, 0) is 6.42 Å². The molecule has 1 aromatic heterocycles. The van der Waals surface area contributed by atoms with Crippen molar-refractivity contribution >= 4 is 11.6 Å². The highest BCUT2D eigenvalue weighted by molar-refractivity contribution is 5.96. The molecule has 2 rings (SSSR count). The van der Waals surface area contributed by atoms with Gasteiger partial charge in [-0.1, -0.05) is 20.8 Å². The van der Waals surface area contributed by atoms with Crippen LogP contribution in [0.25, 0.3) is 0 Å². The maximum atomic E-state index is 11.5. The Morgan fingerprint density at radius 3 is 2.79 bits per heavy atom. The summed E-state index contributed by atoms with van der Waals surface area (Å²) in [6.45, 7) is 7.32. The summed E-state index contributed by atoms with van der Waals surface area (Å²) in [6, 6.07) is 0.183. The Balaban J connectivity index is 2.29. The first-order valence-corrected chi connectivity index (χ1v) is 6.39. The molecule has 1 unspecified atom stereocenters. The molecule has 1 aromatic rings. The van der Waals surface area contributed by atoms with E-state index >= 15 is 0 Å². The lowest BCUT2D eigenvalue weighted by Crippen LogP contribution is -2.26. The molecule has 0 aromatic carbocycles. The summed E-state index contributed by atoms with van der Waals surface area (Å²) in [6.07, 6.45) is 2.53. The number of anilines is 1. The molecule has 1 aliphatic rings. The van der Waals surface area contributed by atoms with Gasteiger partial charge in [0.1, 0.15) is 5.82 Å². The van der Waals surface area contributed by atoms with Crippen LogP contribution < -0.4 is 11.1 Å². The first-order valence-electron chi connectivity index (χ1n) is 6.39. The van der Waals surface area contributed by atoms with Crippen molar-refractivity contribution < 1.29 is 9.53 Å². The van der Waals surface area contributed by atoms with Crippen LogP contribution in [0.2, 0.25) is 0 Å². The average molecular weight is 264 g/mol. The molecule has 6 nitrogen and oxygen atoms in total. The van der Waals surface area contributed by atoms with Gasteiger partial charge in [-0.3, -0.25) is 4.79 Å². The SMILES string of the molecule is CC(C)(C)c1ncc(NC2CCOC2)c(C(N)=O)n1. The zero-order chi connectivity index (χ0) is 14.0. The molecule has 2 heterocycles. The quantitative estimate of drug-likeness (QED) is 0.852. The van der Waals surface area contributed by atoms with E-state index in [1.165, 1.54) is 0 Å². The fourth-order valence-electron chi connectivity index (χ4n) is 1.90. The van der Waals surface area contributed by atoms with Gasteiger partial charge in [0.2, 0.25) is 0 Å². The van der Waals surface area contributed by atoms with Gasteiger partial charge in [0, 0.05) is 12.0 Å². The van der Waals surface area contributed by atoms with Gasteiger partial charge in [-0.15, -0.1) is 0 Å². The van der Waals surface area contributed by atoms with Crippen LogP contribution in [0.5, 0.6) is 0 Å². The second-order valence-electron chi connectivity index (χ2n) is 5.77. The molecule has 6 heteroatoms. The minimum Gasteiger partial charge on any atom is -0.379 e. The minimum atomic E-state index is -0.547. The van der Waals surface area contributed by atoms with E-state index in [2.05, 4.69) is 15.3 Å². The molecule has 0 saturated carbocycles. The fraction of sp³-hybridized carbons (Fsp3) is 0.615. The van der Waals surface area contributed by atoms with Crippen LogP contribution in [-0.4, -0.2) is 35.1 Å². The molecule has 19 heavy (non-hydrogen) atoms. The summed E-state index contributed by atoms with van der Waals surface area (Å²) in [4.78, 5) is 20.1. The van der Waals surface area contributed by atoms with Gasteiger partial charge in [0.05, 0.1) is 24.5 Å². The second kappa shape index (κ2) is 5.13. The number of hydrogen-bond acceptors (Lipinski definition) is 5. The first-order chi connectivity index (χ1) is 8.88. The number of hydrogen-bond donors (Lipinski definition) is 2. The van der Waals surface area contributed by atoms with Crippen molar-refractivity contribution in [2.75, 3.05) is 18.5 Å². The van der Waals surface area contributed by atoms with Crippen LogP contribution in [0.3, 0.4) is 0 Å². The second-order valence-corrected chi connectivity index (χ2v) is 5.77. The maximum absolute atomic E-state index is 11.5. The predicted molar refractivity (Wildman–Crippen MR) is 72.1 cm³/mol. The van der Waals surface area contributed by atoms with Gasteiger partial charge in [-0.2, -0.15) is 0 Å². The number of nitrogens with one attached hydrogen (secondary N) is 1. The Morgan fingerprint density at radius 2 is 2.26 bits per heavy atom. The molecule has 104 valence electrons. The molecule has 1 fully saturated rings. The fourth-order valence-corrected chi connectivity index (χ4v) is 1.90. The summed E-state index contributed by atoms with van der Waals surface area (Å²) >= 11 is 0. The summed E-state index contributed by atoms with van der Waals surface area (Å²) in [5.74, 6) is 0.0591. The maximum Gasteiger partial charge on any atom is 0.269 e. The Kier molecular flexibility index (Phi) is 3.71. The number of carbonyl (C=O) groups is 1. The Bertz CT molecular complexity index is 476. The molecular formula is C13H20N4O2. The van der Waals surface area contributed by atoms with E-state index in [1.54, 1.807) is 6.20 Å². The molecule has 0 spiro atoms. The van der Waals surface area contributed by atoms with Crippen molar-refractivity contribution in [2.24, 2.45) is 5.73 Å². The van der Waals surface area contributed by atoms with Crippen LogP contribution in [0.15, 0.2) is 6.20 Å². The molecule has 1 amide bonds. The highest BCUT2D eigenvalue weighted by atomic mass is 16.5. The van der Waals surface area contributed by atoms with Crippen molar-refractivity contribution in [2.45, 2.75) is 38.6 Å². The molecule has 1 saturated heterocycles. The van der Waals surface area contributed by atoms with E-state index in [0.29, 0.717) is 18.1 Å². The molecule has 1 atom stereocenters. The number of nitrogens with two attached hydrogens (primary N) is 1. The Morgan fingerprint density at radius 1 is 1.53 bits per heavy atom. The molecule has 0 aliphatic carbocycles. The van der Waals surface area contributed by atoms with Crippen molar-refractivity contribution in [1.29, 1.82) is 0 Å². The molecule has 3 N–H and O–H groups in total. The number of primary amides is 1. The Labute approximate surface area is 112 Å². The van der Waals surface area contributed by atoms with Crippen molar-refractivity contribution in [3.05, 3.63) is 17.7 Å². The summed E-state index contributed by atoms with van der Waals surface area (Å²) < 4.78 is 5.29. The topological polar surface area (TPSA) is 90.1 Å². The van der Waals surface area contributed by atoms with E-state index in [9.17, 15) is 4.79 Å². The predicted octanol–water partition coefficient (Wildman–Crippen LogP) is 1.07. The van der Waals surface area contributed by atoms with Crippen molar-refractivity contribution in [3.63, 3.8) is 0 Å². The smallest absolute Gasteiger partial charge is 0.269 e. The third kappa shape index (κ3) is 3.20. The minimum absolute atomic E-state index is 0.183. The number of nitrogens with zero attached hydrogens (tertiary/aromatic N) is 2. The largest absolute Gasteiger partial charge is 0.379 e. The van der Waals surface area contributed by atoms with Crippen LogP contribution in [0, 0.1) is 0 Å². The van der Waals surface area contributed by atoms with Crippen LogP contribution in [0.1, 0.15) is 43.5 Å². The third-order valence-corrected chi connectivity index (χ3v) is 2.98. The van der Waals surface area contributed by atoms with E-state index in [1.807, 2.05) is 20.8 Å². The van der Waals surface area contributed by atoms with Crippen LogP contribution >= 0.6 is 0 Å². The molecule has 0 bridgehead atoms. The van der Waals surface area contributed by atoms with Crippen molar-refractivity contribution in [3.8, 4) is 0 Å². The normalized spacial score (nSPS) is 19.4. The average Bonchev–Trinajstić information content (AvgIpc) is 2.80. The van der Waals surface area contributed by atoms with Crippen LogP contribution in [-0.2, 0) is 10.2 Å². The van der Waals surface area contributed by atoms with Gasteiger partial charge in [0.15, 0.2) is 5.69 Å². The number of ether oxygens (including phenoxy) is 1. The monoisotopic (exact) mass is 264 g/mol. The number of rotatable bonds is 3. The van der Waals surface area contributed by atoms with Gasteiger partial charge < -0.3 is 15.8 Å². The third-order valence-electron chi connectivity index (χ3n) is 2.98.